The molecule has 174 valence electrons. The summed E-state index contributed by atoms with van der Waals surface area (Å²) in [6, 6.07) is 3.37. The molecule has 2 amide bonds. The van der Waals surface area contributed by atoms with Gasteiger partial charge in [0.2, 0.25) is 5.43 Å². The number of hydrogen-bond donors (Lipinski definition) is 2. The highest BCUT2D eigenvalue weighted by atomic mass is 19.1. The molecule has 4 heterocycles. The molecule has 2 N–H and O–H groups in total. The second-order valence-corrected chi connectivity index (χ2v) is 8.80. The highest BCUT2D eigenvalue weighted by molar-refractivity contribution is 5.99. The van der Waals surface area contributed by atoms with Gasteiger partial charge < -0.3 is 19.9 Å². The van der Waals surface area contributed by atoms with Gasteiger partial charge in [-0.05, 0) is 25.3 Å². The van der Waals surface area contributed by atoms with E-state index < -0.39 is 34.6 Å². The number of halogens is 2. The Morgan fingerprint density at radius 3 is 2.76 bits per heavy atom. The fraction of sp³-hybridized carbons (Fsp3) is 0.435. The van der Waals surface area contributed by atoms with Crippen molar-refractivity contribution < 1.29 is 23.5 Å². The SMILES string of the molecule is O=C(NCc1ccc(F)cc1F)c1cn2c(c(O)c1=O)C(=O)N1CC[C@H]3CCCCN3[C@H]1C2. The zero-order chi connectivity index (χ0) is 23.3. The second-order valence-electron chi connectivity index (χ2n) is 8.80. The van der Waals surface area contributed by atoms with Crippen molar-refractivity contribution in [3.8, 4) is 5.75 Å². The predicted octanol–water partition coefficient (Wildman–Crippen LogP) is 1.80. The fourth-order valence-electron chi connectivity index (χ4n) is 5.21. The molecule has 0 unspecified atom stereocenters. The summed E-state index contributed by atoms with van der Waals surface area (Å²) in [6.45, 7) is 1.50. The van der Waals surface area contributed by atoms with Gasteiger partial charge in [0.05, 0.1) is 6.54 Å². The van der Waals surface area contributed by atoms with Crippen LogP contribution >= 0.6 is 0 Å². The minimum atomic E-state index is -0.960. The lowest BCUT2D eigenvalue weighted by atomic mass is 9.94. The van der Waals surface area contributed by atoms with E-state index in [-0.39, 0.29) is 29.5 Å². The van der Waals surface area contributed by atoms with E-state index in [9.17, 15) is 28.3 Å². The molecule has 2 aromatic rings. The van der Waals surface area contributed by atoms with Crippen LogP contribution in [-0.2, 0) is 13.1 Å². The summed E-state index contributed by atoms with van der Waals surface area (Å²) >= 11 is 0. The molecule has 2 saturated heterocycles. The molecule has 1 aromatic heterocycles. The average Bonchev–Trinajstić information content (AvgIpc) is 2.80. The molecule has 1 aromatic carbocycles. The Morgan fingerprint density at radius 2 is 1.97 bits per heavy atom. The van der Waals surface area contributed by atoms with Crippen LogP contribution in [0.15, 0.2) is 29.2 Å². The van der Waals surface area contributed by atoms with E-state index in [0.29, 0.717) is 25.2 Å². The molecule has 2 fully saturated rings. The van der Waals surface area contributed by atoms with Gasteiger partial charge in [0.1, 0.15) is 23.4 Å². The van der Waals surface area contributed by atoms with Crippen molar-refractivity contribution in [1.29, 1.82) is 0 Å². The van der Waals surface area contributed by atoms with Crippen LogP contribution in [0.5, 0.6) is 5.75 Å². The number of fused-ring (bicyclic) bond motifs is 4. The van der Waals surface area contributed by atoms with Crippen LogP contribution in [0.25, 0.3) is 0 Å². The largest absolute Gasteiger partial charge is 0.503 e. The van der Waals surface area contributed by atoms with E-state index in [0.717, 1.165) is 38.3 Å². The van der Waals surface area contributed by atoms with E-state index in [1.54, 1.807) is 4.90 Å². The number of amides is 2. The molecule has 0 saturated carbocycles. The Labute approximate surface area is 188 Å². The lowest BCUT2D eigenvalue weighted by Crippen LogP contribution is -2.64. The Bertz CT molecular complexity index is 1200. The van der Waals surface area contributed by atoms with Crippen LogP contribution in [0.4, 0.5) is 8.78 Å². The van der Waals surface area contributed by atoms with Gasteiger partial charge in [-0.25, -0.2) is 8.78 Å². The fourth-order valence-corrected chi connectivity index (χ4v) is 5.21. The summed E-state index contributed by atoms with van der Waals surface area (Å²) in [5, 5.41) is 13.0. The molecule has 3 aliphatic heterocycles. The number of carbonyl (C=O) groups is 2. The lowest BCUT2D eigenvalue weighted by Gasteiger charge is -2.52. The third-order valence-electron chi connectivity index (χ3n) is 6.90. The van der Waals surface area contributed by atoms with Crippen molar-refractivity contribution in [2.24, 2.45) is 0 Å². The van der Waals surface area contributed by atoms with Gasteiger partial charge in [0, 0.05) is 43.5 Å². The zero-order valence-corrected chi connectivity index (χ0v) is 17.9. The summed E-state index contributed by atoms with van der Waals surface area (Å²) in [5.41, 5.74) is -1.37. The third-order valence-corrected chi connectivity index (χ3v) is 6.90. The van der Waals surface area contributed by atoms with Gasteiger partial charge in [0.25, 0.3) is 11.8 Å². The maximum Gasteiger partial charge on any atom is 0.275 e. The number of piperidine rings is 1. The zero-order valence-electron chi connectivity index (χ0n) is 17.9. The van der Waals surface area contributed by atoms with Crippen molar-refractivity contribution >= 4 is 11.8 Å². The Hall–Kier alpha value is -3.27. The number of aromatic nitrogens is 1. The van der Waals surface area contributed by atoms with Crippen molar-refractivity contribution in [3.63, 3.8) is 0 Å². The van der Waals surface area contributed by atoms with Crippen molar-refractivity contribution in [2.75, 3.05) is 13.1 Å². The monoisotopic (exact) mass is 458 g/mol. The molecule has 2 atom stereocenters. The van der Waals surface area contributed by atoms with Gasteiger partial charge in [0.15, 0.2) is 11.4 Å². The molecule has 0 bridgehead atoms. The van der Waals surface area contributed by atoms with E-state index >= 15 is 0 Å². The number of aromatic hydroxyl groups is 1. The molecule has 5 rings (SSSR count). The van der Waals surface area contributed by atoms with E-state index in [2.05, 4.69) is 10.2 Å². The summed E-state index contributed by atoms with van der Waals surface area (Å²) < 4.78 is 28.4. The first-order chi connectivity index (χ1) is 15.8. The molecule has 10 heteroatoms. The van der Waals surface area contributed by atoms with Crippen LogP contribution in [-0.4, -0.2) is 56.6 Å². The van der Waals surface area contributed by atoms with Crippen LogP contribution in [0.2, 0.25) is 0 Å². The van der Waals surface area contributed by atoms with Crippen molar-refractivity contribution in [2.45, 2.75) is 51.0 Å². The summed E-state index contributed by atoms with van der Waals surface area (Å²) in [6.07, 6.45) is 5.23. The minimum Gasteiger partial charge on any atom is -0.503 e. The summed E-state index contributed by atoms with van der Waals surface area (Å²) in [7, 11) is 0. The Balaban J connectivity index is 1.43. The number of carbonyl (C=O) groups excluding carboxylic acids is 2. The van der Waals surface area contributed by atoms with E-state index in [1.165, 1.54) is 16.8 Å². The van der Waals surface area contributed by atoms with Gasteiger partial charge in [-0.3, -0.25) is 19.3 Å². The molecule has 0 aliphatic carbocycles. The normalized spacial score (nSPS) is 22.4. The summed E-state index contributed by atoms with van der Waals surface area (Å²) in [5.74, 6) is -3.56. The van der Waals surface area contributed by atoms with Crippen molar-refractivity contribution in [1.82, 2.24) is 19.7 Å². The Morgan fingerprint density at radius 1 is 1.15 bits per heavy atom. The first kappa shape index (κ1) is 21.6. The standard InChI is InChI=1S/C23H24F2N4O4/c24-14-5-4-13(17(25)9-14)10-26-22(32)16-11-27-12-18-28-7-2-1-3-15(28)6-8-29(18)23(33)19(27)21(31)20(16)30/h4-5,9,11,15,18,31H,1-3,6-8,10,12H2,(H,26,32)/t15-,18-/m1/s1. The molecular weight excluding hydrogens is 434 g/mol. The highest BCUT2D eigenvalue weighted by Gasteiger charge is 2.44. The number of pyridine rings is 1. The quantitative estimate of drug-likeness (QED) is 0.732. The van der Waals surface area contributed by atoms with Gasteiger partial charge in [-0.2, -0.15) is 0 Å². The molecule has 33 heavy (non-hydrogen) atoms. The first-order valence-electron chi connectivity index (χ1n) is 11.1. The molecular formula is C23H24F2N4O4. The van der Waals surface area contributed by atoms with Crippen molar-refractivity contribution in [3.05, 3.63) is 63.1 Å². The number of rotatable bonds is 3. The third kappa shape index (κ3) is 3.68. The first-order valence-corrected chi connectivity index (χ1v) is 11.1. The highest BCUT2D eigenvalue weighted by Crippen LogP contribution is 2.33. The predicted molar refractivity (Wildman–Crippen MR) is 114 cm³/mol. The molecule has 3 aliphatic rings. The van der Waals surface area contributed by atoms with Crippen LogP contribution < -0.4 is 10.7 Å². The Kier molecular flexibility index (Phi) is 5.40. The number of hydrogen-bond acceptors (Lipinski definition) is 5. The van der Waals surface area contributed by atoms with Crippen LogP contribution in [0.3, 0.4) is 0 Å². The molecule has 0 spiro atoms. The molecule has 8 nitrogen and oxygen atoms in total. The van der Waals surface area contributed by atoms with Gasteiger partial charge >= 0.3 is 0 Å². The van der Waals surface area contributed by atoms with Gasteiger partial charge in [-0.1, -0.05) is 12.5 Å². The minimum absolute atomic E-state index is 0.0520. The number of nitrogens with one attached hydrogen (secondary N) is 1. The second kappa shape index (κ2) is 8.26. The molecule has 0 radical (unpaired) electrons. The van der Waals surface area contributed by atoms with Crippen LogP contribution in [0.1, 0.15) is 52.1 Å². The maximum atomic E-state index is 13.9. The maximum absolute atomic E-state index is 13.9. The smallest absolute Gasteiger partial charge is 0.275 e. The van der Waals surface area contributed by atoms with Gasteiger partial charge in [-0.15, -0.1) is 0 Å². The van der Waals surface area contributed by atoms with Crippen LogP contribution in [0, 0.1) is 11.6 Å². The average molecular weight is 458 g/mol. The topological polar surface area (TPSA) is 94.9 Å². The number of benzene rings is 1. The van der Waals surface area contributed by atoms with E-state index in [1.807, 2.05) is 0 Å². The lowest BCUT2D eigenvalue weighted by molar-refractivity contribution is -0.0513. The van der Waals surface area contributed by atoms with E-state index in [4.69, 9.17) is 0 Å². The summed E-state index contributed by atoms with van der Waals surface area (Å²) in [4.78, 5) is 42.6. The number of nitrogens with zero attached hydrogens (tertiary/aromatic N) is 3.